The predicted octanol–water partition coefficient (Wildman–Crippen LogP) is 4.79. The summed E-state index contributed by atoms with van der Waals surface area (Å²) in [5.74, 6) is 1.03. The normalized spacial score (nSPS) is 35.6. The van der Waals surface area contributed by atoms with Gasteiger partial charge in [-0.05, 0) is 30.4 Å². The minimum absolute atomic E-state index is 0.00468. The SMILES string of the molecule is CC1(C)CCC[C@@]2(C)C1=CC[C@H]1Oc3ccccc3C(=O)[C@H]12. The van der Waals surface area contributed by atoms with Gasteiger partial charge in [0.05, 0.1) is 11.5 Å². The molecule has 0 saturated heterocycles. The van der Waals surface area contributed by atoms with Crippen LogP contribution in [0.3, 0.4) is 0 Å². The van der Waals surface area contributed by atoms with Crippen LogP contribution < -0.4 is 4.74 Å². The van der Waals surface area contributed by atoms with E-state index in [1.807, 2.05) is 24.3 Å². The van der Waals surface area contributed by atoms with Crippen LogP contribution in [0.15, 0.2) is 35.9 Å². The van der Waals surface area contributed by atoms with Gasteiger partial charge < -0.3 is 4.74 Å². The van der Waals surface area contributed by atoms with Crippen molar-refractivity contribution < 1.29 is 9.53 Å². The van der Waals surface area contributed by atoms with Gasteiger partial charge in [-0.25, -0.2) is 0 Å². The van der Waals surface area contributed by atoms with E-state index in [0.717, 1.165) is 24.2 Å². The first-order valence-electron chi connectivity index (χ1n) is 8.44. The van der Waals surface area contributed by atoms with Crippen LogP contribution >= 0.6 is 0 Å². The molecule has 0 amide bonds. The van der Waals surface area contributed by atoms with E-state index in [0.29, 0.717) is 0 Å². The van der Waals surface area contributed by atoms with E-state index >= 15 is 0 Å². The molecule has 4 rings (SSSR count). The van der Waals surface area contributed by atoms with Gasteiger partial charge in [0.2, 0.25) is 0 Å². The minimum Gasteiger partial charge on any atom is -0.489 e. The molecule has 0 unspecified atom stereocenters. The molecular formula is C20H24O2. The first-order chi connectivity index (χ1) is 10.4. The van der Waals surface area contributed by atoms with Gasteiger partial charge >= 0.3 is 0 Å². The average molecular weight is 296 g/mol. The molecule has 0 radical (unpaired) electrons. The average Bonchev–Trinajstić information content (AvgIpc) is 2.46. The number of ketones is 1. The summed E-state index contributed by atoms with van der Waals surface area (Å²) in [6.07, 6.45) is 6.75. The van der Waals surface area contributed by atoms with Crippen molar-refractivity contribution in [2.24, 2.45) is 16.7 Å². The van der Waals surface area contributed by atoms with Crippen LogP contribution in [0.4, 0.5) is 0 Å². The first kappa shape index (κ1) is 14.0. The lowest BCUT2D eigenvalue weighted by molar-refractivity contribution is 0.0114. The Balaban J connectivity index is 1.83. The molecule has 116 valence electrons. The fourth-order valence-corrected chi connectivity index (χ4v) is 5.23. The van der Waals surface area contributed by atoms with Crippen LogP contribution in [-0.2, 0) is 0 Å². The van der Waals surface area contributed by atoms with Crippen molar-refractivity contribution in [2.45, 2.75) is 52.6 Å². The molecular weight excluding hydrogens is 272 g/mol. The second-order valence-corrected chi connectivity index (χ2v) is 8.00. The summed E-state index contributed by atoms with van der Waals surface area (Å²) in [5.41, 5.74) is 2.42. The maximum Gasteiger partial charge on any atom is 0.174 e. The molecule has 2 nitrogen and oxygen atoms in total. The summed E-state index contributed by atoms with van der Waals surface area (Å²) in [6, 6.07) is 7.73. The minimum atomic E-state index is -0.0463. The standard InChI is InChI=1S/C20H24O2/c1-19(2)11-6-12-20(3)16(19)10-9-15-17(20)18(21)13-7-4-5-8-14(13)22-15/h4-5,7-8,10,15,17H,6,9,11-12H2,1-3H3/t15-,17+,20+/m1/s1. The molecule has 3 atom stereocenters. The van der Waals surface area contributed by atoms with Crippen molar-refractivity contribution in [3.05, 3.63) is 41.5 Å². The number of ether oxygens (including phenoxy) is 1. The zero-order valence-corrected chi connectivity index (χ0v) is 13.7. The molecule has 2 aliphatic carbocycles. The van der Waals surface area contributed by atoms with Gasteiger partial charge in [-0.15, -0.1) is 0 Å². The molecule has 0 spiro atoms. The van der Waals surface area contributed by atoms with Crippen LogP contribution in [0.5, 0.6) is 5.75 Å². The van der Waals surface area contributed by atoms with Crippen molar-refractivity contribution in [2.75, 3.05) is 0 Å². The van der Waals surface area contributed by atoms with Gasteiger partial charge in [0.1, 0.15) is 11.9 Å². The lowest BCUT2D eigenvalue weighted by Crippen LogP contribution is -2.53. The van der Waals surface area contributed by atoms with E-state index in [2.05, 4.69) is 26.8 Å². The number of rotatable bonds is 0. The number of hydrogen-bond donors (Lipinski definition) is 0. The van der Waals surface area contributed by atoms with Crippen LogP contribution in [0.1, 0.15) is 56.8 Å². The van der Waals surface area contributed by atoms with E-state index in [1.165, 1.54) is 18.4 Å². The van der Waals surface area contributed by atoms with Gasteiger partial charge in [-0.3, -0.25) is 4.79 Å². The van der Waals surface area contributed by atoms with Gasteiger partial charge in [0.25, 0.3) is 0 Å². The van der Waals surface area contributed by atoms with E-state index in [-0.39, 0.29) is 28.6 Å². The van der Waals surface area contributed by atoms with Crippen LogP contribution in [0.2, 0.25) is 0 Å². The number of hydrogen-bond acceptors (Lipinski definition) is 2. The highest BCUT2D eigenvalue weighted by atomic mass is 16.5. The van der Waals surface area contributed by atoms with Crippen LogP contribution in [-0.4, -0.2) is 11.9 Å². The lowest BCUT2D eigenvalue weighted by atomic mass is 9.51. The highest BCUT2D eigenvalue weighted by Gasteiger charge is 2.55. The van der Waals surface area contributed by atoms with E-state index in [9.17, 15) is 4.79 Å². The van der Waals surface area contributed by atoms with Gasteiger partial charge in [-0.2, -0.15) is 0 Å². The Labute approximate surface area is 132 Å². The fraction of sp³-hybridized carbons (Fsp3) is 0.550. The predicted molar refractivity (Wildman–Crippen MR) is 87.1 cm³/mol. The quantitative estimate of drug-likeness (QED) is 0.643. The highest BCUT2D eigenvalue weighted by molar-refractivity contribution is 6.02. The Bertz CT molecular complexity index is 670. The molecule has 1 aromatic carbocycles. The molecule has 0 aromatic heterocycles. The molecule has 22 heavy (non-hydrogen) atoms. The lowest BCUT2D eigenvalue weighted by Gasteiger charge is -2.54. The molecule has 0 bridgehead atoms. The Hall–Kier alpha value is -1.57. The largest absolute Gasteiger partial charge is 0.489 e. The summed E-state index contributed by atoms with van der Waals surface area (Å²) < 4.78 is 6.22. The van der Waals surface area contributed by atoms with Gasteiger partial charge in [-0.1, -0.05) is 51.0 Å². The molecule has 2 heteroatoms. The van der Waals surface area contributed by atoms with Gasteiger partial charge in [0.15, 0.2) is 5.78 Å². The Morgan fingerprint density at radius 2 is 1.91 bits per heavy atom. The fourth-order valence-electron chi connectivity index (χ4n) is 5.23. The molecule has 1 saturated carbocycles. The van der Waals surface area contributed by atoms with Gasteiger partial charge in [0, 0.05) is 11.8 Å². The van der Waals surface area contributed by atoms with E-state index < -0.39 is 0 Å². The summed E-state index contributed by atoms with van der Waals surface area (Å²) in [7, 11) is 0. The van der Waals surface area contributed by atoms with Crippen molar-refractivity contribution in [3.8, 4) is 5.75 Å². The molecule has 1 heterocycles. The summed E-state index contributed by atoms with van der Waals surface area (Å²) in [5, 5.41) is 0. The third kappa shape index (κ3) is 1.76. The molecule has 1 aliphatic heterocycles. The maximum absolute atomic E-state index is 13.2. The van der Waals surface area contributed by atoms with E-state index in [4.69, 9.17) is 4.74 Å². The monoisotopic (exact) mass is 296 g/mol. The third-order valence-corrected chi connectivity index (χ3v) is 6.17. The molecule has 1 fully saturated rings. The van der Waals surface area contributed by atoms with Crippen molar-refractivity contribution in [1.82, 2.24) is 0 Å². The maximum atomic E-state index is 13.2. The number of benzene rings is 1. The number of carbonyl (C=O) groups is 1. The summed E-state index contributed by atoms with van der Waals surface area (Å²) in [4.78, 5) is 13.2. The number of allylic oxidation sites excluding steroid dienone is 1. The Morgan fingerprint density at radius 1 is 1.14 bits per heavy atom. The summed E-state index contributed by atoms with van der Waals surface area (Å²) in [6.45, 7) is 6.96. The Kier molecular flexibility index (Phi) is 2.85. The number of fused-ring (bicyclic) bond motifs is 4. The smallest absolute Gasteiger partial charge is 0.174 e. The number of carbonyl (C=O) groups excluding carboxylic acids is 1. The topological polar surface area (TPSA) is 26.3 Å². The van der Waals surface area contributed by atoms with Crippen LogP contribution in [0, 0.1) is 16.7 Å². The second-order valence-electron chi connectivity index (χ2n) is 8.00. The number of para-hydroxylation sites is 1. The van der Waals surface area contributed by atoms with Crippen LogP contribution in [0.25, 0.3) is 0 Å². The van der Waals surface area contributed by atoms with E-state index in [1.54, 1.807) is 0 Å². The zero-order valence-electron chi connectivity index (χ0n) is 13.7. The highest BCUT2D eigenvalue weighted by Crippen LogP contribution is 2.59. The van der Waals surface area contributed by atoms with Crippen molar-refractivity contribution in [3.63, 3.8) is 0 Å². The second kappa shape index (κ2) is 4.47. The third-order valence-electron chi connectivity index (χ3n) is 6.17. The van der Waals surface area contributed by atoms with Crippen molar-refractivity contribution in [1.29, 1.82) is 0 Å². The molecule has 1 aromatic rings. The number of Topliss-reactive ketones (excluding diaryl/α,β-unsaturated/α-hetero) is 1. The molecule has 3 aliphatic rings. The zero-order chi connectivity index (χ0) is 15.5. The first-order valence-corrected chi connectivity index (χ1v) is 8.44. The van der Waals surface area contributed by atoms with Crippen molar-refractivity contribution >= 4 is 5.78 Å². The summed E-state index contributed by atoms with van der Waals surface area (Å²) >= 11 is 0. The molecule has 0 N–H and O–H groups in total. The Morgan fingerprint density at radius 3 is 2.73 bits per heavy atom.